The topological polar surface area (TPSA) is 57.7 Å². The second-order valence-corrected chi connectivity index (χ2v) is 8.79. The highest BCUT2D eigenvalue weighted by Gasteiger charge is 2.30. The van der Waals surface area contributed by atoms with Gasteiger partial charge in [0.25, 0.3) is 5.91 Å². The highest BCUT2D eigenvalue weighted by molar-refractivity contribution is 7.88. The zero-order valence-corrected chi connectivity index (χ0v) is 16.3. The lowest BCUT2D eigenvalue weighted by atomic mass is 10.2. The van der Waals surface area contributed by atoms with Crippen LogP contribution >= 0.6 is 23.2 Å². The largest absolute Gasteiger partial charge is 0.336 e. The van der Waals surface area contributed by atoms with Gasteiger partial charge in [-0.05, 0) is 17.7 Å². The number of rotatable bonds is 4. The van der Waals surface area contributed by atoms with Crippen molar-refractivity contribution in [3.8, 4) is 0 Å². The van der Waals surface area contributed by atoms with Crippen molar-refractivity contribution in [3.63, 3.8) is 0 Å². The molecule has 0 atom stereocenters. The summed E-state index contributed by atoms with van der Waals surface area (Å²) < 4.78 is 26.6. The Bertz CT molecular complexity index is 896. The molecule has 0 spiro atoms. The Labute approximate surface area is 163 Å². The van der Waals surface area contributed by atoms with E-state index in [0.29, 0.717) is 23.7 Å². The lowest BCUT2D eigenvalue weighted by Crippen LogP contribution is -2.50. The molecule has 2 aromatic carbocycles. The number of carbonyl (C=O) groups is 1. The van der Waals surface area contributed by atoms with E-state index < -0.39 is 10.0 Å². The molecule has 0 aliphatic carbocycles. The van der Waals surface area contributed by atoms with Crippen molar-refractivity contribution >= 4 is 39.1 Å². The van der Waals surface area contributed by atoms with Crippen LogP contribution in [-0.2, 0) is 15.8 Å². The second kappa shape index (κ2) is 7.96. The maximum atomic E-state index is 12.6. The molecule has 138 valence electrons. The first-order valence-corrected chi connectivity index (χ1v) is 10.5. The minimum atomic E-state index is -3.42. The fraction of sp³-hybridized carbons (Fsp3) is 0.278. The van der Waals surface area contributed by atoms with E-state index in [1.165, 1.54) is 4.31 Å². The minimum Gasteiger partial charge on any atom is -0.336 e. The first-order valence-electron chi connectivity index (χ1n) is 8.13. The molecule has 0 unspecified atom stereocenters. The standard InChI is InChI=1S/C18H18Cl2N2O3S/c19-16-8-4-7-15(17(16)20)18(23)21-9-11-22(12-10-21)26(24,25)13-14-5-2-1-3-6-14/h1-8H,9-13H2. The molecule has 1 saturated heterocycles. The quantitative estimate of drug-likeness (QED) is 0.773. The number of carbonyl (C=O) groups excluding carboxylic acids is 1. The van der Waals surface area contributed by atoms with Crippen molar-refractivity contribution in [2.24, 2.45) is 0 Å². The molecule has 1 aliphatic rings. The number of piperazine rings is 1. The summed E-state index contributed by atoms with van der Waals surface area (Å²) in [5, 5.41) is 0.542. The maximum Gasteiger partial charge on any atom is 0.255 e. The Morgan fingerprint density at radius 2 is 1.58 bits per heavy atom. The zero-order valence-electron chi connectivity index (χ0n) is 13.9. The lowest BCUT2D eigenvalue weighted by Gasteiger charge is -2.34. The van der Waals surface area contributed by atoms with E-state index in [-0.39, 0.29) is 29.8 Å². The number of nitrogens with zero attached hydrogens (tertiary/aromatic N) is 2. The first kappa shape index (κ1) is 19.2. The summed E-state index contributed by atoms with van der Waals surface area (Å²) in [6.07, 6.45) is 0. The molecule has 1 aliphatic heterocycles. The highest BCUT2D eigenvalue weighted by atomic mass is 35.5. The summed E-state index contributed by atoms with van der Waals surface area (Å²) in [6.45, 7) is 1.16. The van der Waals surface area contributed by atoms with Crippen LogP contribution in [0.2, 0.25) is 10.0 Å². The normalized spacial score (nSPS) is 15.8. The van der Waals surface area contributed by atoms with Gasteiger partial charge in [0, 0.05) is 26.2 Å². The van der Waals surface area contributed by atoms with Crippen LogP contribution in [0.4, 0.5) is 0 Å². The Kier molecular flexibility index (Phi) is 5.87. The lowest BCUT2D eigenvalue weighted by molar-refractivity contribution is 0.0698. The first-order chi connectivity index (χ1) is 12.4. The average molecular weight is 413 g/mol. The van der Waals surface area contributed by atoms with Gasteiger partial charge < -0.3 is 4.90 Å². The van der Waals surface area contributed by atoms with Gasteiger partial charge in [-0.1, -0.05) is 59.6 Å². The van der Waals surface area contributed by atoms with E-state index in [2.05, 4.69) is 0 Å². The zero-order chi connectivity index (χ0) is 18.7. The fourth-order valence-corrected chi connectivity index (χ4v) is 4.78. The van der Waals surface area contributed by atoms with Crippen LogP contribution < -0.4 is 0 Å². The molecule has 0 N–H and O–H groups in total. The molecule has 0 radical (unpaired) electrons. The summed E-state index contributed by atoms with van der Waals surface area (Å²) in [7, 11) is -3.42. The van der Waals surface area contributed by atoms with Gasteiger partial charge in [-0.15, -0.1) is 0 Å². The molecule has 0 bridgehead atoms. The Balaban J connectivity index is 1.65. The molecule has 2 aromatic rings. The van der Waals surface area contributed by atoms with Crippen molar-refractivity contribution in [2.45, 2.75) is 5.75 Å². The molecule has 3 rings (SSSR count). The molecule has 8 heteroatoms. The van der Waals surface area contributed by atoms with Crippen LogP contribution in [-0.4, -0.2) is 49.7 Å². The van der Waals surface area contributed by atoms with E-state index in [4.69, 9.17) is 23.2 Å². The fourth-order valence-electron chi connectivity index (χ4n) is 2.88. The minimum absolute atomic E-state index is 0.0398. The molecule has 1 amide bonds. The van der Waals surface area contributed by atoms with E-state index in [1.54, 1.807) is 35.2 Å². The van der Waals surface area contributed by atoms with Gasteiger partial charge in [0.2, 0.25) is 10.0 Å². The summed E-state index contributed by atoms with van der Waals surface area (Å²) in [4.78, 5) is 14.2. The van der Waals surface area contributed by atoms with Crippen LogP contribution in [0.1, 0.15) is 15.9 Å². The average Bonchev–Trinajstić information content (AvgIpc) is 2.64. The molecule has 1 heterocycles. The summed E-state index contributed by atoms with van der Waals surface area (Å²) >= 11 is 12.1. The SMILES string of the molecule is O=C(c1cccc(Cl)c1Cl)N1CCN(S(=O)(=O)Cc2ccccc2)CC1. The number of sulfonamides is 1. The number of hydrogen-bond acceptors (Lipinski definition) is 3. The van der Waals surface area contributed by atoms with Gasteiger partial charge >= 0.3 is 0 Å². The summed E-state index contributed by atoms with van der Waals surface area (Å²) in [6, 6.07) is 14.0. The van der Waals surface area contributed by atoms with Gasteiger partial charge in [-0.25, -0.2) is 8.42 Å². The van der Waals surface area contributed by atoms with E-state index in [9.17, 15) is 13.2 Å². The Hall–Kier alpha value is -1.60. The number of benzene rings is 2. The van der Waals surface area contributed by atoms with Crippen molar-refractivity contribution in [2.75, 3.05) is 26.2 Å². The molecular formula is C18H18Cl2N2O3S. The van der Waals surface area contributed by atoms with Crippen molar-refractivity contribution in [3.05, 3.63) is 69.7 Å². The van der Waals surface area contributed by atoms with E-state index in [1.807, 2.05) is 18.2 Å². The van der Waals surface area contributed by atoms with Gasteiger partial charge in [0.05, 0.1) is 21.4 Å². The molecule has 26 heavy (non-hydrogen) atoms. The number of halogens is 2. The summed E-state index contributed by atoms with van der Waals surface area (Å²) in [5.41, 5.74) is 1.08. The smallest absolute Gasteiger partial charge is 0.255 e. The Morgan fingerprint density at radius 1 is 0.923 bits per heavy atom. The predicted molar refractivity (Wildman–Crippen MR) is 103 cm³/mol. The third-order valence-corrected chi connectivity index (χ3v) is 6.96. The van der Waals surface area contributed by atoms with E-state index in [0.717, 1.165) is 5.56 Å². The third kappa shape index (κ3) is 4.20. The molecule has 1 fully saturated rings. The maximum absolute atomic E-state index is 12.6. The van der Waals surface area contributed by atoms with Gasteiger partial charge in [0.15, 0.2) is 0 Å². The molecule has 0 saturated carbocycles. The summed E-state index contributed by atoms with van der Waals surface area (Å²) in [5.74, 6) is -0.278. The van der Waals surface area contributed by atoms with Gasteiger partial charge in [-0.2, -0.15) is 4.31 Å². The molecule has 5 nitrogen and oxygen atoms in total. The number of hydrogen-bond donors (Lipinski definition) is 0. The van der Waals surface area contributed by atoms with E-state index >= 15 is 0 Å². The van der Waals surface area contributed by atoms with Crippen LogP contribution in [0, 0.1) is 0 Å². The Morgan fingerprint density at radius 3 is 2.23 bits per heavy atom. The van der Waals surface area contributed by atoms with Crippen LogP contribution in [0.25, 0.3) is 0 Å². The van der Waals surface area contributed by atoms with Crippen molar-refractivity contribution in [1.82, 2.24) is 9.21 Å². The van der Waals surface area contributed by atoms with Crippen molar-refractivity contribution < 1.29 is 13.2 Å². The van der Waals surface area contributed by atoms with Crippen LogP contribution in [0.3, 0.4) is 0 Å². The van der Waals surface area contributed by atoms with Crippen molar-refractivity contribution in [1.29, 1.82) is 0 Å². The second-order valence-electron chi connectivity index (χ2n) is 6.03. The monoisotopic (exact) mass is 412 g/mol. The third-order valence-electron chi connectivity index (χ3n) is 4.29. The van der Waals surface area contributed by atoms with Crippen LogP contribution in [0.5, 0.6) is 0 Å². The van der Waals surface area contributed by atoms with Gasteiger partial charge in [0.1, 0.15) is 0 Å². The van der Waals surface area contributed by atoms with Gasteiger partial charge in [-0.3, -0.25) is 4.79 Å². The predicted octanol–water partition coefficient (Wildman–Crippen LogP) is 3.28. The molecular weight excluding hydrogens is 395 g/mol. The van der Waals surface area contributed by atoms with Crippen LogP contribution in [0.15, 0.2) is 48.5 Å². The number of amides is 1. The highest BCUT2D eigenvalue weighted by Crippen LogP contribution is 2.27. The molecule has 0 aromatic heterocycles.